The molecule has 0 aromatic heterocycles. The number of nitrogens with zero attached hydrogens (tertiary/aromatic N) is 1. The zero-order valence-electron chi connectivity index (χ0n) is 9.01. The third-order valence-electron chi connectivity index (χ3n) is 3.05. The number of rotatable bonds is 1. The second-order valence-corrected chi connectivity index (χ2v) is 4.25. The van der Waals surface area contributed by atoms with Crippen molar-refractivity contribution in [2.75, 3.05) is 13.1 Å². The molecule has 1 heteroatoms. The van der Waals surface area contributed by atoms with Gasteiger partial charge in [0.15, 0.2) is 0 Å². The summed E-state index contributed by atoms with van der Waals surface area (Å²) in [5, 5.41) is 0. The molecular weight excluding hydrogens is 146 g/mol. The van der Waals surface area contributed by atoms with Gasteiger partial charge >= 0.3 is 0 Å². The molecule has 1 nitrogen and oxygen atoms in total. The van der Waals surface area contributed by atoms with Crippen LogP contribution in [0.15, 0.2) is 0 Å². The molecule has 72 valence electrons. The molecular formula is C11H23N. The molecule has 12 heavy (non-hydrogen) atoms. The molecule has 0 aromatic rings. The SMILES string of the molecule is CC.CC(C)N1CC2CC(C2)C1. The van der Waals surface area contributed by atoms with E-state index in [1.165, 1.54) is 25.9 Å². The second-order valence-electron chi connectivity index (χ2n) is 4.25. The van der Waals surface area contributed by atoms with E-state index in [1.807, 2.05) is 13.8 Å². The van der Waals surface area contributed by atoms with Crippen LogP contribution in [0.3, 0.4) is 0 Å². The van der Waals surface area contributed by atoms with Crippen molar-refractivity contribution in [3.63, 3.8) is 0 Å². The van der Waals surface area contributed by atoms with E-state index >= 15 is 0 Å². The van der Waals surface area contributed by atoms with E-state index in [0.29, 0.717) is 0 Å². The molecule has 2 heterocycles. The minimum atomic E-state index is 0.783. The molecule has 0 unspecified atom stereocenters. The highest BCUT2D eigenvalue weighted by Crippen LogP contribution is 2.39. The molecule has 0 aromatic carbocycles. The van der Waals surface area contributed by atoms with Gasteiger partial charge in [-0.1, -0.05) is 13.8 Å². The zero-order chi connectivity index (χ0) is 9.14. The van der Waals surface area contributed by atoms with E-state index in [0.717, 1.165) is 17.9 Å². The smallest absolute Gasteiger partial charge is 0.00388 e. The Kier molecular flexibility index (Phi) is 3.57. The predicted molar refractivity (Wildman–Crippen MR) is 54.3 cm³/mol. The topological polar surface area (TPSA) is 3.24 Å². The molecule has 3 aliphatic rings. The lowest BCUT2D eigenvalue weighted by Gasteiger charge is -2.48. The van der Waals surface area contributed by atoms with Gasteiger partial charge in [-0.05, 0) is 38.5 Å². The Morgan fingerprint density at radius 1 is 1.00 bits per heavy atom. The third-order valence-corrected chi connectivity index (χ3v) is 3.05. The molecule has 3 fully saturated rings. The van der Waals surface area contributed by atoms with Gasteiger partial charge in [0.2, 0.25) is 0 Å². The first-order valence-corrected chi connectivity index (χ1v) is 5.49. The van der Waals surface area contributed by atoms with Crippen LogP contribution in [0.2, 0.25) is 0 Å². The molecule has 1 aliphatic carbocycles. The fourth-order valence-corrected chi connectivity index (χ4v) is 2.33. The van der Waals surface area contributed by atoms with Crippen LogP contribution in [0.4, 0.5) is 0 Å². The summed E-state index contributed by atoms with van der Waals surface area (Å²) in [5.41, 5.74) is 0. The van der Waals surface area contributed by atoms with Crippen molar-refractivity contribution in [1.82, 2.24) is 4.90 Å². The van der Waals surface area contributed by atoms with E-state index < -0.39 is 0 Å². The Labute approximate surface area is 77.1 Å². The van der Waals surface area contributed by atoms with Crippen LogP contribution >= 0.6 is 0 Å². The van der Waals surface area contributed by atoms with Gasteiger partial charge in [0, 0.05) is 19.1 Å². The van der Waals surface area contributed by atoms with Crippen LogP contribution in [0.5, 0.6) is 0 Å². The molecule has 3 rings (SSSR count). The van der Waals surface area contributed by atoms with E-state index in [1.54, 1.807) is 0 Å². The highest BCUT2D eigenvalue weighted by Gasteiger charge is 2.37. The summed E-state index contributed by atoms with van der Waals surface area (Å²) in [5.74, 6) is 2.14. The van der Waals surface area contributed by atoms with Crippen molar-refractivity contribution in [1.29, 1.82) is 0 Å². The molecule has 0 N–H and O–H groups in total. The monoisotopic (exact) mass is 169 g/mol. The van der Waals surface area contributed by atoms with Crippen molar-refractivity contribution in [3.8, 4) is 0 Å². The van der Waals surface area contributed by atoms with Crippen LogP contribution in [-0.4, -0.2) is 24.0 Å². The van der Waals surface area contributed by atoms with Gasteiger partial charge in [0.25, 0.3) is 0 Å². The second kappa shape index (κ2) is 4.27. The number of hydrogen-bond donors (Lipinski definition) is 0. The fourth-order valence-electron chi connectivity index (χ4n) is 2.33. The maximum absolute atomic E-state index is 2.63. The quantitative estimate of drug-likeness (QED) is 0.583. The van der Waals surface area contributed by atoms with Crippen LogP contribution in [0.1, 0.15) is 40.5 Å². The highest BCUT2D eigenvalue weighted by atomic mass is 15.2. The molecule has 2 aliphatic heterocycles. The first-order valence-electron chi connectivity index (χ1n) is 5.49. The van der Waals surface area contributed by atoms with Gasteiger partial charge in [-0.25, -0.2) is 0 Å². The maximum atomic E-state index is 2.63. The molecule has 1 saturated carbocycles. The van der Waals surface area contributed by atoms with Crippen molar-refractivity contribution < 1.29 is 0 Å². The Bertz CT molecular complexity index is 115. The molecule has 2 saturated heterocycles. The summed E-state index contributed by atoms with van der Waals surface area (Å²) in [6.07, 6.45) is 3.06. The molecule has 0 atom stereocenters. The van der Waals surface area contributed by atoms with Gasteiger partial charge in [-0.15, -0.1) is 0 Å². The Hall–Kier alpha value is -0.0400. The van der Waals surface area contributed by atoms with Crippen LogP contribution in [-0.2, 0) is 0 Å². The number of fused-ring (bicyclic) bond motifs is 2. The summed E-state index contributed by atoms with van der Waals surface area (Å²) in [6.45, 7) is 11.4. The zero-order valence-corrected chi connectivity index (χ0v) is 9.01. The van der Waals surface area contributed by atoms with Gasteiger partial charge in [0.1, 0.15) is 0 Å². The van der Waals surface area contributed by atoms with Gasteiger partial charge in [-0.2, -0.15) is 0 Å². The Morgan fingerprint density at radius 2 is 1.42 bits per heavy atom. The van der Waals surface area contributed by atoms with Gasteiger partial charge in [0.05, 0.1) is 0 Å². The Morgan fingerprint density at radius 3 is 1.67 bits per heavy atom. The number of hydrogen-bond acceptors (Lipinski definition) is 1. The summed E-state index contributed by atoms with van der Waals surface area (Å²) < 4.78 is 0. The highest BCUT2D eigenvalue weighted by molar-refractivity contribution is 4.90. The molecule has 0 radical (unpaired) electrons. The van der Waals surface area contributed by atoms with Crippen molar-refractivity contribution in [3.05, 3.63) is 0 Å². The van der Waals surface area contributed by atoms with Gasteiger partial charge in [-0.3, -0.25) is 0 Å². The summed E-state index contributed by atoms with van der Waals surface area (Å²) in [7, 11) is 0. The van der Waals surface area contributed by atoms with E-state index in [9.17, 15) is 0 Å². The molecule has 2 bridgehead atoms. The first-order chi connectivity index (χ1) is 5.75. The van der Waals surface area contributed by atoms with Crippen molar-refractivity contribution >= 4 is 0 Å². The van der Waals surface area contributed by atoms with E-state index in [2.05, 4.69) is 18.7 Å². The lowest BCUT2D eigenvalue weighted by Crippen LogP contribution is -2.50. The largest absolute Gasteiger partial charge is 0.300 e. The first kappa shape index (κ1) is 10.0. The average molecular weight is 169 g/mol. The van der Waals surface area contributed by atoms with Crippen LogP contribution in [0.25, 0.3) is 0 Å². The van der Waals surface area contributed by atoms with E-state index in [4.69, 9.17) is 0 Å². The lowest BCUT2D eigenvalue weighted by atomic mass is 9.71. The predicted octanol–water partition coefficient (Wildman–Crippen LogP) is 2.76. The molecule has 0 spiro atoms. The number of piperidine rings is 2. The normalized spacial score (nSPS) is 33.8. The van der Waals surface area contributed by atoms with Crippen molar-refractivity contribution in [2.45, 2.75) is 46.6 Å². The van der Waals surface area contributed by atoms with Gasteiger partial charge < -0.3 is 4.90 Å². The average Bonchev–Trinajstić information content (AvgIpc) is 2.07. The van der Waals surface area contributed by atoms with Crippen molar-refractivity contribution in [2.24, 2.45) is 11.8 Å². The fraction of sp³-hybridized carbons (Fsp3) is 1.00. The molecule has 0 amide bonds. The third kappa shape index (κ3) is 2.01. The summed E-state index contributed by atoms with van der Waals surface area (Å²) in [6, 6.07) is 0.783. The maximum Gasteiger partial charge on any atom is 0.00388 e. The Balaban J connectivity index is 0.000000336. The lowest BCUT2D eigenvalue weighted by molar-refractivity contribution is 0.00980. The van der Waals surface area contributed by atoms with Crippen LogP contribution in [0, 0.1) is 11.8 Å². The van der Waals surface area contributed by atoms with Crippen LogP contribution < -0.4 is 0 Å². The minimum Gasteiger partial charge on any atom is -0.300 e. The minimum absolute atomic E-state index is 0.783. The standard InChI is InChI=1S/C9H17N.C2H6/c1-7(2)10-5-8-3-9(4-8)6-10;1-2/h7-9H,3-6H2,1-2H3;1-2H3. The van der Waals surface area contributed by atoms with E-state index in [-0.39, 0.29) is 0 Å². The summed E-state index contributed by atoms with van der Waals surface area (Å²) >= 11 is 0. The summed E-state index contributed by atoms with van der Waals surface area (Å²) in [4.78, 5) is 2.63.